The number of aliphatic imine (C=N–C) groups is 1. The molecule has 0 saturated heterocycles. The monoisotopic (exact) mass is 227 g/mol. The highest BCUT2D eigenvalue weighted by Crippen LogP contribution is 2.31. The summed E-state index contributed by atoms with van der Waals surface area (Å²) < 4.78 is 0. The highest BCUT2D eigenvalue weighted by atomic mass is 32.1. The number of nitrogens with zero attached hydrogens (tertiary/aromatic N) is 1. The molecule has 0 aliphatic rings. The molecular weight excluding hydrogens is 214 g/mol. The number of fused-ring (bicyclic) bond motifs is 1. The van der Waals surface area contributed by atoms with Gasteiger partial charge < -0.3 is 0 Å². The third-order valence-electron chi connectivity index (χ3n) is 2.72. The maximum Gasteiger partial charge on any atom is 0.0818 e. The van der Waals surface area contributed by atoms with Crippen LogP contribution in [0.2, 0.25) is 0 Å². The zero-order chi connectivity index (χ0) is 11.5. The van der Waals surface area contributed by atoms with Crippen molar-refractivity contribution in [3.63, 3.8) is 0 Å². The topological polar surface area (TPSA) is 12.4 Å². The first kappa shape index (κ1) is 11.0. The van der Waals surface area contributed by atoms with E-state index >= 15 is 0 Å². The van der Waals surface area contributed by atoms with Crippen molar-refractivity contribution in [3.05, 3.63) is 42.0 Å². The first-order valence-electron chi connectivity index (χ1n) is 5.33. The Balaban J connectivity index is 2.81. The van der Waals surface area contributed by atoms with E-state index in [0.29, 0.717) is 5.92 Å². The van der Waals surface area contributed by atoms with Crippen molar-refractivity contribution in [2.75, 3.05) is 0 Å². The minimum Gasteiger partial charge on any atom is -0.194 e. The lowest BCUT2D eigenvalue weighted by Gasteiger charge is -2.10. The van der Waals surface area contributed by atoms with E-state index in [0.717, 1.165) is 11.1 Å². The lowest BCUT2D eigenvalue weighted by atomic mass is 9.95. The molecule has 2 aromatic rings. The van der Waals surface area contributed by atoms with Crippen LogP contribution in [0.3, 0.4) is 0 Å². The number of hydrogen-bond donors (Lipinski definition) is 0. The molecule has 0 N–H and O–H groups in total. The summed E-state index contributed by atoms with van der Waals surface area (Å²) >= 11 is 4.66. The Hall–Kier alpha value is -1.50. The van der Waals surface area contributed by atoms with Gasteiger partial charge in [0, 0.05) is 5.39 Å². The molecule has 2 rings (SSSR count). The van der Waals surface area contributed by atoms with Crippen LogP contribution in [-0.2, 0) is 0 Å². The van der Waals surface area contributed by atoms with Crippen LogP contribution in [0.25, 0.3) is 10.8 Å². The molecule has 0 radical (unpaired) electrons. The number of hydrogen-bond acceptors (Lipinski definition) is 2. The Kier molecular flexibility index (Phi) is 3.14. The third kappa shape index (κ3) is 1.90. The summed E-state index contributed by atoms with van der Waals surface area (Å²) in [4.78, 5) is 4.10. The van der Waals surface area contributed by atoms with Crippen LogP contribution >= 0.6 is 12.2 Å². The summed E-state index contributed by atoms with van der Waals surface area (Å²) in [5, 5.41) is 4.83. The van der Waals surface area contributed by atoms with Gasteiger partial charge >= 0.3 is 0 Å². The van der Waals surface area contributed by atoms with Gasteiger partial charge in [0.2, 0.25) is 0 Å². The van der Waals surface area contributed by atoms with Gasteiger partial charge in [-0.25, -0.2) is 0 Å². The Morgan fingerprint density at radius 3 is 2.38 bits per heavy atom. The predicted octanol–water partition coefficient (Wildman–Crippen LogP) is 4.70. The van der Waals surface area contributed by atoms with Crippen LogP contribution in [0.4, 0.5) is 5.69 Å². The van der Waals surface area contributed by atoms with Crippen LogP contribution in [-0.4, -0.2) is 5.16 Å². The Morgan fingerprint density at radius 2 is 1.75 bits per heavy atom. The maximum absolute atomic E-state index is 4.66. The summed E-state index contributed by atoms with van der Waals surface area (Å²) in [6.45, 7) is 4.40. The van der Waals surface area contributed by atoms with Gasteiger partial charge in [-0.15, -0.1) is 0 Å². The van der Waals surface area contributed by atoms with Crippen molar-refractivity contribution in [2.24, 2.45) is 4.99 Å². The Bertz CT molecular complexity index is 566. The highest BCUT2D eigenvalue weighted by Gasteiger charge is 2.07. The standard InChI is InChI=1S/C14H13NS/c1-10(2)11-7-8-14(15-9-16)13-6-4-3-5-12(11)13/h3-8,10H,1-2H3. The molecule has 1 nitrogen and oxygen atoms in total. The minimum atomic E-state index is 0.510. The van der Waals surface area contributed by atoms with E-state index in [1.807, 2.05) is 12.1 Å². The quantitative estimate of drug-likeness (QED) is 0.535. The summed E-state index contributed by atoms with van der Waals surface area (Å²) in [5.41, 5.74) is 2.24. The summed E-state index contributed by atoms with van der Waals surface area (Å²) in [6, 6.07) is 12.4. The fourth-order valence-corrected chi connectivity index (χ4v) is 2.05. The molecule has 80 valence electrons. The molecule has 0 bridgehead atoms. The van der Waals surface area contributed by atoms with Crippen LogP contribution in [0.1, 0.15) is 25.3 Å². The lowest BCUT2D eigenvalue weighted by molar-refractivity contribution is 0.876. The maximum atomic E-state index is 4.66. The average molecular weight is 227 g/mol. The van der Waals surface area contributed by atoms with Crippen LogP contribution in [0.15, 0.2) is 41.4 Å². The second-order valence-electron chi connectivity index (χ2n) is 4.08. The molecule has 0 saturated carbocycles. The average Bonchev–Trinajstić information content (AvgIpc) is 2.29. The van der Waals surface area contributed by atoms with Gasteiger partial charge in [0.05, 0.1) is 10.8 Å². The molecular formula is C14H13NS. The van der Waals surface area contributed by atoms with Crippen LogP contribution < -0.4 is 0 Å². The molecule has 16 heavy (non-hydrogen) atoms. The van der Waals surface area contributed by atoms with Crippen molar-refractivity contribution in [1.82, 2.24) is 0 Å². The van der Waals surface area contributed by atoms with E-state index in [2.05, 4.69) is 60.5 Å². The van der Waals surface area contributed by atoms with E-state index in [-0.39, 0.29) is 0 Å². The van der Waals surface area contributed by atoms with Gasteiger partial charge in [-0.1, -0.05) is 44.2 Å². The summed E-state index contributed by atoms with van der Waals surface area (Å²) in [5.74, 6) is 0.510. The number of isothiocyanates is 1. The number of rotatable bonds is 2. The fourth-order valence-electron chi connectivity index (χ4n) is 1.96. The molecule has 0 fully saturated rings. The molecule has 0 atom stereocenters. The summed E-state index contributed by atoms with van der Waals surface area (Å²) in [6.07, 6.45) is 0. The van der Waals surface area contributed by atoms with Gasteiger partial charge in [-0.05, 0) is 35.2 Å². The molecule has 0 unspecified atom stereocenters. The van der Waals surface area contributed by atoms with Gasteiger partial charge in [0.25, 0.3) is 0 Å². The fraction of sp³-hybridized carbons (Fsp3) is 0.214. The smallest absolute Gasteiger partial charge is 0.0818 e. The van der Waals surface area contributed by atoms with E-state index in [9.17, 15) is 0 Å². The SMILES string of the molecule is CC(C)c1ccc(N=C=S)c2ccccc12. The second kappa shape index (κ2) is 4.56. The van der Waals surface area contributed by atoms with Crippen LogP contribution in [0.5, 0.6) is 0 Å². The lowest BCUT2D eigenvalue weighted by Crippen LogP contribution is -1.89. The highest BCUT2D eigenvalue weighted by molar-refractivity contribution is 7.78. The zero-order valence-electron chi connectivity index (χ0n) is 9.40. The van der Waals surface area contributed by atoms with E-state index in [4.69, 9.17) is 0 Å². The van der Waals surface area contributed by atoms with Crippen molar-refractivity contribution in [3.8, 4) is 0 Å². The van der Waals surface area contributed by atoms with Crippen LogP contribution in [0, 0.1) is 0 Å². The first-order chi connectivity index (χ1) is 7.74. The van der Waals surface area contributed by atoms with Gasteiger partial charge in [-0.3, -0.25) is 0 Å². The Labute approximate surface area is 101 Å². The van der Waals surface area contributed by atoms with Gasteiger partial charge in [-0.2, -0.15) is 4.99 Å². The summed E-state index contributed by atoms with van der Waals surface area (Å²) in [7, 11) is 0. The van der Waals surface area contributed by atoms with Crippen molar-refractivity contribution in [1.29, 1.82) is 0 Å². The normalized spacial score (nSPS) is 10.4. The molecule has 0 aromatic heterocycles. The first-order valence-corrected chi connectivity index (χ1v) is 5.74. The van der Waals surface area contributed by atoms with Gasteiger partial charge in [0.1, 0.15) is 0 Å². The second-order valence-corrected chi connectivity index (χ2v) is 4.26. The van der Waals surface area contributed by atoms with E-state index in [1.165, 1.54) is 10.9 Å². The molecule has 0 heterocycles. The molecule has 0 amide bonds. The van der Waals surface area contributed by atoms with E-state index in [1.54, 1.807) is 0 Å². The third-order valence-corrected chi connectivity index (χ3v) is 2.81. The molecule has 0 spiro atoms. The van der Waals surface area contributed by atoms with Crippen molar-refractivity contribution in [2.45, 2.75) is 19.8 Å². The van der Waals surface area contributed by atoms with E-state index < -0.39 is 0 Å². The molecule has 2 heteroatoms. The predicted molar refractivity (Wildman–Crippen MR) is 72.7 cm³/mol. The number of benzene rings is 2. The molecule has 2 aromatic carbocycles. The molecule has 0 aliphatic heterocycles. The molecule has 0 aliphatic carbocycles. The largest absolute Gasteiger partial charge is 0.194 e. The number of thiocarbonyl (C=S) groups is 1. The Morgan fingerprint density at radius 1 is 1.06 bits per heavy atom. The van der Waals surface area contributed by atoms with Crippen molar-refractivity contribution >= 4 is 33.8 Å². The minimum absolute atomic E-state index is 0.510. The zero-order valence-corrected chi connectivity index (χ0v) is 10.2. The van der Waals surface area contributed by atoms with Crippen molar-refractivity contribution < 1.29 is 0 Å². The van der Waals surface area contributed by atoms with Gasteiger partial charge in [0.15, 0.2) is 0 Å².